The maximum absolute atomic E-state index is 13.2. The Kier molecular flexibility index (Phi) is 7.84. The summed E-state index contributed by atoms with van der Waals surface area (Å²) in [6.45, 7) is 9.02. The van der Waals surface area contributed by atoms with Crippen molar-refractivity contribution in [3.8, 4) is 5.75 Å². The SMILES string of the molecule is CC.CCOc1ccc(S(=O)N2C[C@@H](OCc3ccccc3)CC23COC3)cc1. The van der Waals surface area contributed by atoms with Crippen LogP contribution in [0.25, 0.3) is 0 Å². The van der Waals surface area contributed by atoms with Crippen molar-refractivity contribution in [1.29, 1.82) is 0 Å². The van der Waals surface area contributed by atoms with E-state index in [1.807, 2.05) is 63.2 Å². The molecule has 2 fully saturated rings. The van der Waals surface area contributed by atoms with Crippen molar-refractivity contribution in [3.05, 3.63) is 60.2 Å². The predicted octanol–water partition coefficient (Wildman–Crippen LogP) is 4.19. The van der Waals surface area contributed by atoms with E-state index in [-0.39, 0.29) is 11.6 Å². The molecule has 2 aliphatic rings. The van der Waals surface area contributed by atoms with Gasteiger partial charge in [-0.2, -0.15) is 0 Å². The number of rotatable bonds is 7. The maximum Gasteiger partial charge on any atom is 0.128 e. The molecule has 2 saturated heterocycles. The minimum absolute atomic E-state index is 0.0563. The summed E-state index contributed by atoms with van der Waals surface area (Å²) in [5.74, 6) is 0.797. The summed E-state index contributed by atoms with van der Waals surface area (Å²) >= 11 is 0. The third kappa shape index (κ3) is 5.07. The van der Waals surface area contributed by atoms with E-state index >= 15 is 0 Å². The average Bonchev–Trinajstić information content (AvgIpc) is 3.15. The molecule has 5 nitrogen and oxygen atoms in total. The van der Waals surface area contributed by atoms with Gasteiger partial charge < -0.3 is 14.2 Å². The highest BCUT2D eigenvalue weighted by atomic mass is 32.2. The lowest BCUT2D eigenvalue weighted by Gasteiger charge is -2.43. The van der Waals surface area contributed by atoms with Gasteiger partial charge in [0.15, 0.2) is 0 Å². The van der Waals surface area contributed by atoms with Gasteiger partial charge in [-0.1, -0.05) is 44.2 Å². The Morgan fingerprint density at radius 1 is 1.10 bits per heavy atom. The summed E-state index contributed by atoms with van der Waals surface area (Å²) in [7, 11) is -1.24. The van der Waals surface area contributed by atoms with Gasteiger partial charge >= 0.3 is 0 Å². The number of benzene rings is 2. The van der Waals surface area contributed by atoms with E-state index in [1.54, 1.807) is 0 Å². The van der Waals surface area contributed by atoms with Crippen molar-refractivity contribution in [1.82, 2.24) is 4.31 Å². The normalized spacial score (nSPS) is 21.1. The lowest BCUT2D eigenvalue weighted by Crippen LogP contribution is -2.59. The zero-order valence-corrected chi connectivity index (χ0v) is 18.3. The van der Waals surface area contributed by atoms with E-state index in [0.717, 1.165) is 22.6 Å². The Balaban J connectivity index is 0.00000117. The minimum Gasteiger partial charge on any atom is -0.494 e. The Labute approximate surface area is 176 Å². The van der Waals surface area contributed by atoms with Crippen LogP contribution in [-0.4, -0.2) is 46.5 Å². The summed E-state index contributed by atoms with van der Waals surface area (Å²) in [6.07, 6.45) is 0.906. The van der Waals surface area contributed by atoms with E-state index < -0.39 is 11.0 Å². The van der Waals surface area contributed by atoms with Gasteiger partial charge in [0.25, 0.3) is 0 Å². The molecule has 2 atom stereocenters. The molecule has 2 heterocycles. The first-order valence-corrected chi connectivity index (χ1v) is 11.5. The first kappa shape index (κ1) is 22.0. The van der Waals surface area contributed by atoms with Crippen LogP contribution < -0.4 is 4.74 Å². The van der Waals surface area contributed by atoms with Gasteiger partial charge in [0, 0.05) is 6.54 Å². The van der Waals surface area contributed by atoms with Gasteiger partial charge in [0.05, 0.1) is 43.0 Å². The van der Waals surface area contributed by atoms with E-state index in [9.17, 15) is 4.21 Å². The highest BCUT2D eigenvalue weighted by Crippen LogP contribution is 2.40. The fourth-order valence-electron chi connectivity index (χ4n) is 3.66. The van der Waals surface area contributed by atoms with Crippen LogP contribution in [0.2, 0.25) is 0 Å². The molecule has 0 radical (unpaired) electrons. The fourth-order valence-corrected chi connectivity index (χ4v) is 5.11. The van der Waals surface area contributed by atoms with Crippen molar-refractivity contribution in [2.75, 3.05) is 26.4 Å². The Morgan fingerprint density at radius 2 is 1.79 bits per heavy atom. The topological polar surface area (TPSA) is 48.0 Å². The number of nitrogens with zero attached hydrogens (tertiary/aromatic N) is 1. The number of hydrogen-bond acceptors (Lipinski definition) is 4. The van der Waals surface area contributed by atoms with Gasteiger partial charge in [-0.05, 0) is 43.2 Å². The van der Waals surface area contributed by atoms with Crippen molar-refractivity contribution < 1.29 is 18.4 Å². The standard InChI is InChI=1S/C21H25NO4S.C2H6/c1-2-25-18-8-10-20(11-9-18)27(23)22-13-19(12-21(22)15-24-16-21)26-14-17-6-4-3-5-7-17;1-2/h3-11,19H,2,12-16H2,1H3;1-2H3/t19-,27?;/m0./s1. The van der Waals surface area contributed by atoms with Crippen molar-refractivity contribution in [3.63, 3.8) is 0 Å². The molecule has 0 bridgehead atoms. The van der Waals surface area contributed by atoms with Crippen molar-refractivity contribution >= 4 is 11.0 Å². The molecule has 4 rings (SSSR count). The van der Waals surface area contributed by atoms with Crippen LogP contribution in [0.4, 0.5) is 0 Å². The fraction of sp³-hybridized carbons (Fsp3) is 0.478. The lowest BCUT2D eigenvalue weighted by atomic mass is 9.95. The number of hydrogen-bond donors (Lipinski definition) is 0. The van der Waals surface area contributed by atoms with Crippen LogP contribution in [0.1, 0.15) is 32.8 Å². The summed E-state index contributed by atoms with van der Waals surface area (Å²) in [4.78, 5) is 0.786. The average molecular weight is 418 g/mol. The predicted molar refractivity (Wildman–Crippen MR) is 115 cm³/mol. The van der Waals surface area contributed by atoms with E-state index in [2.05, 4.69) is 16.4 Å². The third-order valence-corrected chi connectivity index (χ3v) is 6.72. The van der Waals surface area contributed by atoms with Gasteiger partial charge in [-0.15, -0.1) is 0 Å². The van der Waals surface area contributed by atoms with Crippen LogP contribution in [0.15, 0.2) is 59.5 Å². The Morgan fingerprint density at radius 3 is 2.38 bits per heavy atom. The van der Waals surface area contributed by atoms with E-state index in [4.69, 9.17) is 14.2 Å². The van der Waals surface area contributed by atoms with Crippen LogP contribution in [-0.2, 0) is 27.1 Å². The van der Waals surface area contributed by atoms with E-state index in [0.29, 0.717) is 33.0 Å². The molecule has 158 valence electrons. The first-order valence-electron chi connectivity index (χ1n) is 10.4. The number of ether oxygens (including phenoxy) is 3. The molecule has 0 aromatic heterocycles. The zero-order chi connectivity index (χ0) is 20.7. The molecule has 29 heavy (non-hydrogen) atoms. The molecule has 0 saturated carbocycles. The van der Waals surface area contributed by atoms with Gasteiger partial charge in [-0.3, -0.25) is 0 Å². The van der Waals surface area contributed by atoms with Crippen LogP contribution in [0.5, 0.6) is 5.75 Å². The largest absolute Gasteiger partial charge is 0.494 e. The van der Waals surface area contributed by atoms with Gasteiger partial charge in [-0.25, -0.2) is 8.51 Å². The molecule has 1 unspecified atom stereocenters. The Bertz CT molecular complexity index is 777. The second-order valence-electron chi connectivity index (χ2n) is 7.05. The van der Waals surface area contributed by atoms with Crippen LogP contribution in [0.3, 0.4) is 0 Å². The lowest BCUT2D eigenvalue weighted by molar-refractivity contribution is -0.0982. The molecule has 6 heteroatoms. The molecule has 2 aromatic carbocycles. The van der Waals surface area contributed by atoms with Crippen molar-refractivity contribution in [2.24, 2.45) is 0 Å². The van der Waals surface area contributed by atoms with E-state index in [1.165, 1.54) is 0 Å². The minimum atomic E-state index is -1.24. The zero-order valence-electron chi connectivity index (χ0n) is 17.5. The van der Waals surface area contributed by atoms with Crippen LogP contribution in [0, 0.1) is 0 Å². The Hall–Kier alpha value is -1.73. The van der Waals surface area contributed by atoms with Crippen LogP contribution >= 0.6 is 0 Å². The molecular weight excluding hydrogens is 386 g/mol. The smallest absolute Gasteiger partial charge is 0.128 e. The quantitative estimate of drug-likeness (QED) is 0.678. The monoisotopic (exact) mass is 417 g/mol. The second kappa shape index (κ2) is 10.3. The second-order valence-corrected chi connectivity index (χ2v) is 8.47. The molecule has 1 spiro atoms. The summed E-state index contributed by atoms with van der Waals surface area (Å²) < 4.78 is 32.4. The molecule has 2 aliphatic heterocycles. The van der Waals surface area contributed by atoms with Crippen molar-refractivity contribution in [2.45, 2.75) is 50.3 Å². The highest BCUT2D eigenvalue weighted by molar-refractivity contribution is 7.82. The third-order valence-electron chi connectivity index (χ3n) is 5.11. The molecule has 0 N–H and O–H groups in total. The van der Waals surface area contributed by atoms with Gasteiger partial charge in [0.2, 0.25) is 0 Å². The maximum atomic E-state index is 13.2. The molecule has 2 aromatic rings. The highest BCUT2D eigenvalue weighted by Gasteiger charge is 2.54. The molecular formula is C23H31NO4S. The summed E-state index contributed by atoms with van der Waals surface area (Å²) in [6, 6.07) is 17.7. The summed E-state index contributed by atoms with van der Waals surface area (Å²) in [5, 5.41) is 0. The van der Waals surface area contributed by atoms with Gasteiger partial charge in [0.1, 0.15) is 16.7 Å². The molecule has 0 amide bonds. The summed E-state index contributed by atoms with van der Waals surface area (Å²) in [5.41, 5.74) is 0.979. The first-order chi connectivity index (χ1) is 14.2. The molecule has 0 aliphatic carbocycles.